The van der Waals surface area contributed by atoms with Gasteiger partial charge in [0.05, 0.1) is 48.5 Å². The predicted molar refractivity (Wildman–Crippen MR) is 113 cm³/mol. The zero-order chi connectivity index (χ0) is 20.7. The Morgan fingerprint density at radius 1 is 1.21 bits per heavy atom. The number of carbonyl (C=O) groups excluding carboxylic acids is 1. The molecule has 0 radical (unpaired) electrons. The van der Waals surface area contributed by atoms with Crippen LogP contribution in [-0.4, -0.2) is 49.2 Å². The van der Waals surface area contributed by atoms with Crippen molar-refractivity contribution in [2.45, 2.75) is 32.2 Å². The van der Waals surface area contributed by atoms with E-state index in [9.17, 15) is 4.79 Å². The van der Waals surface area contributed by atoms with Crippen LogP contribution in [0.2, 0.25) is 0 Å². The van der Waals surface area contributed by atoms with E-state index in [0.29, 0.717) is 28.5 Å². The molecule has 0 saturated heterocycles. The van der Waals surface area contributed by atoms with Gasteiger partial charge in [0.25, 0.3) is 5.91 Å². The van der Waals surface area contributed by atoms with Gasteiger partial charge in [0.1, 0.15) is 11.4 Å². The van der Waals surface area contributed by atoms with Crippen molar-refractivity contribution in [3.63, 3.8) is 0 Å². The first-order valence-corrected chi connectivity index (χ1v) is 10.3. The first-order chi connectivity index (χ1) is 14.0. The minimum absolute atomic E-state index is 0.0437. The molecule has 0 unspecified atom stereocenters. The molecule has 29 heavy (non-hydrogen) atoms. The fraction of sp³-hybridized carbons (Fsp3) is 0.429. The highest BCUT2D eigenvalue weighted by atomic mass is 32.1. The number of hydrogen-bond donors (Lipinski definition) is 1. The summed E-state index contributed by atoms with van der Waals surface area (Å²) in [5.74, 6) is 1.63. The Bertz CT molecular complexity index is 1070. The normalized spacial score (nSPS) is 15.8. The van der Waals surface area contributed by atoms with Gasteiger partial charge in [-0.1, -0.05) is 0 Å². The molecule has 2 heterocycles. The number of carbonyl (C=O) groups is 1. The highest BCUT2D eigenvalue weighted by Gasteiger charge is 2.31. The van der Waals surface area contributed by atoms with Crippen LogP contribution in [0.3, 0.4) is 0 Å². The number of amides is 1. The molecule has 0 bridgehead atoms. The minimum Gasteiger partial charge on any atom is -0.496 e. The highest BCUT2D eigenvalue weighted by molar-refractivity contribution is 7.11. The maximum Gasteiger partial charge on any atom is 0.270 e. The number of methoxy groups -OCH3 is 3. The third-order valence-electron chi connectivity index (χ3n) is 5.49. The van der Waals surface area contributed by atoms with Gasteiger partial charge in [-0.25, -0.2) is 4.98 Å². The summed E-state index contributed by atoms with van der Waals surface area (Å²) in [4.78, 5) is 24.2. The van der Waals surface area contributed by atoms with Gasteiger partial charge >= 0.3 is 0 Å². The third-order valence-corrected chi connectivity index (χ3v) is 6.60. The van der Waals surface area contributed by atoms with Crippen LogP contribution in [0.5, 0.6) is 17.2 Å². The van der Waals surface area contributed by atoms with Crippen LogP contribution in [-0.2, 0) is 6.42 Å². The van der Waals surface area contributed by atoms with Gasteiger partial charge < -0.3 is 24.1 Å². The van der Waals surface area contributed by atoms with E-state index in [4.69, 9.17) is 14.2 Å². The SMILES string of the molecule is COc1cc(OC)c2cc(C(=O)N(C)[C@H]3CCCc4nc(C)sc43)[nH]c2c1OC. The zero-order valence-corrected chi connectivity index (χ0v) is 18.1. The van der Waals surface area contributed by atoms with Crippen LogP contribution in [0.15, 0.2) is 12.1 Å². The van der Waals surface area contributed by atoms with Crippen molar-refractivity contribution in [2.24, 2.45) is 0 Å². The van der Waals surface area contributed by atoms with E-state index in [1.54, 1.807) is 38.7 Å². The lowest BCUT2D eigenvalue weighted by Crippen LogP contribution is -2.33. The average molecular weight is 416 g/mol. The molecule has 0 saturated carbocycles. The van der Waals surface area contributed by atoms with Crippen molar-refractivity contribution in [3.8, 4) is 17.2 Å². The largest absolute Gasteiger partial charge is 0.496 e. The maximum absolute atomic E-state index is 13.3. The van der Waals surface area contributed by atoms with Crippen LogP contribution in [0, 0.1) is 6.92 Å². The minimum atomic E-state index is -0.0758. The number of nitrogens with one attached hydrogen (secondary N) is 1. The summed E-state index contributed by atoms with van der Waals surface area (Å²) in [5, 5.41) is 1.83. The van der Waals surface area contributed by atoms with Crippen molar-refractivity contribution in [1.82, 2.24) is 14.9 Å². The van der Waals surface area contributed by atoms with E-state index >= 15 is 0 Å². The number of aromatic nitrogens is 2. The van der Waals surface area contributed by atoms with E-state index < -0.39 is 0 Å². The van der Waals surface area contributed by atoms with Gasteiger partial charge in [0.15, 0.2) is 11.5 Å². The number of rotatable bonds is 5. The number of aryl methyl sites for hydroxylation is 2. The van der Waals surface area contributed by atoms with Gasteiger partial charge in [-0.15, -0.1) is 11.3 Å². The number of aromatic amines is 1. The highest BCUT2D eigenvalue weighted by Crippen LogP contribution is 2.42. The van der Waals surface area contributed by atoms with Crippen LogP contribution in [0.4, 0.5) is 0 Å². The second-order valence-electron chi connectivity index (χ2n) is 7.15. The fourth-order valence-corrected chi connectivity index (χ4v) is 5.22. The first kappa shape index (κ1) is 19.6. The molecule has 4 rings (SSSR count). The van der Waals surface area contributed by atoms with Gasteiger partial charge in [-0.05, 0) is 32.3 Å². The van der Waals surface area contributed by atoms with E-state index in [-0.39, 0.29) is 11.9 Å². The molecule has 1 aliphatic rings. The van der Waals surface area contributed by atoms with Gasteiger partial charge in [-0.2, -0.15) is 0 Å². The summed E-state index contributed by atoms with van der Waals surface area (Å²) in [7, 11) is 6.60. The number of hydrogen-bond acceptors (Lipinski definition) is 6. The summed E-state index contributed by atoms with van der Waals surface area (Å²) in [5.41, 5.74) is 2.30. The molecular weight excluding hydrogens is 390 g/mol. The molecule has 0 aliphatic heterocycles. The van der Waals surface area contributed by atoms with Gasteiger partial charge in [0, 0.05) is 18.5 Å². The molecule has 8 heteroatoms. The Labute approximate surface area is 173 Å². The monoisotopic (exact) mass is 415 g/mol. The lowest BCUT2D eigenvalue weighted by molar-refractivity contribution is 0.0713. The third kappa shape index (κ3) is 3.21. The lowest BCUT2D eigenvalue weighted by atomic mass is 9.97. The number of nitrogens with zero attached hydrogens (tertiary/aromatic N) is 2. The molecule has 0 fully saturated rings. The quantitative estimate of drug-likeness (QED) is 0.679. The van der Waals surface area contributed by atoms with E-state index in [0.717, 1.165) is 35.4 Å². The molecule has 1 N–H and O–H groups in total. The molecule has 154 valence electrons. The molecule has 7 nitrogen and oxygen atoms in total. The van der Waals surface area contributed by atoms with Crippen LogP contribution in [0.25, 0.3) is 10.9 Å². The summed E-state index contributed by atoms with van der Waals surface area (Å²) >= 11 is 1.69. The van der Waals surface area contributed by atoms with Crippen molar-refractivity contribution in [2.75, 3.05) is 28.4 Å². The van der Waals surface area contributed by atoms with E-state index in [1.807, 2.05) is 24.9 Å². The van der Waals surface area contributed by atoms with Gasteiger partial charge in [0.2, 0.25) is 0 Å². The smallest absolute Gasteiger partial charge is 0.270 e. The van der Waals surface area contributed by atoms with Gasteiger partial charge in [-0.3, -0.25) is 4.79 Å². The Morgan fingerprint density at radius 3 is 2.66 bits per heavy atom. The molecule has 1 amide bonds. The summed E-state index contributed by atoms with van der Waals surface area (Å²) < 4.78 is 16.4. The van der Waals surface area contributed by atoms with Crippen molar-refractivity contribution in [1.29, 1.82) is 0 Å². The number of H-pyrrole nitrogens is 1. The molecule has 3 aromatic rings. The lowest BCUT2D eigenvalue weighted by Gasteiger charge is -2.30. The standard InChI is InChI=1S/C21H25N3O4S/c1-11-22-13-7-6-8-15(20(13)29-11)24(2)21(25)14-9-12-16(26-3)10-17(27-4)19(28-5)18(12)23-14/h9-10,15,23H,6-8H2,1-5H3/t15-/m0/s1. The van der Waals surface area contributed by atoms with Crippen LogP contribution in [0.1, 0.15) is 45.0 Å². The molecule has 0 spiro atoms. The van der Waals surface area contributed by atoms with Crippen molar-refractivity contribution < 1.29 is 19.0 Å². The van der Waals surface area contributed by atoms with E-state index in [1.165, 1.54) is 4.88 Å². The summed E-state index contributed by atoms with van der Waals surface area (Å²) in [6.45, 7) is 2.02. The second-order valence-corrected chi connectivity index (χ2v) is 8.39. The van der Waals surface area contributed by atoms with Crippen LogP contribution < -0.4 is 14.2 Å². The summed E-state index contributed by atoms with van der Waals surface area (Å²) in [6, 6.07) is 3.62. The summed E-state index contributed by atoms with van der Waals surface area (Å²) in [6.07, 6.45) is 2.96. The Kier molecular flexibility index (Phi) is 5.12. The molecule has 2 aromatic heterocycles. The van der Waals surface area contributed by atoms with Crippen molar-refractivity contribution in [3.05, 3.63) is 33.4 Å². The zero-order valence-electron chi connectivity index (χ0n) is 17.3. The predicted octanol–water partition coefficient (Wildman–Crippen LogP) is 4.11. The maximum atomic E-state index is 13.3. The fourth-order valence-electron chi connectivity index (χ4n) is 4.07. The number of benzene rings is 1. The Morgan fingerprint density at radius 2 is 1.97 bits per heavy atom. The van der Waals surface area contributed by atoms with Crippen molar-refractivity contribution >= 4 is 28.1 Å². The molecule has 1 atom stereocenters. The Hall–Kier alpha value is -2.74. The van der Waals surface area contributed by atoms with Crippen LogP contribution >= 0.6 is 11.3 Å². The number of ether oxygens (including phenoxy) is 3. The second kappa shape index (κ2) is 7.59. The molecule has 1 aliphatic carbocycles. The van der Waals surface area contributed by atoms with E-state index in [2.05, 4.69) is 9.97 Å². The molecular formula is C21H25N3O4S. The molecule has 1 aromatic carbocycles. The average Bonchev–Trinajstić information content (AvgIpc) is 3.34. The Balaban J connectivity index is 1.74. The number of thiazole rings is 1. The topological polar surface area (TPSA) is 76.7 Å². The number of fused-ring (bicyclic) bond motifs is 2. The first-order valence-electron chi connectivity index (χ1n) is 9.53.